The third kappa shape index (κ3) is 4.69. The molecule has 7 nitrogen and oxygen atoms in total. The Bertz CT molecular complexity index is 1240. The molecule has 1 amide bonds. The Morgan fingerprint density at radius 1 is 1.10 bits per heavy atom. The minimum atomic E-state index is -0.271. The highest BCUT2D eigenvalue weighted by molar-refractivity contribution is 7.99. The lowest BCUT2D eigenvalue weighted by atomic mass is 10.2. The topological polar surface area (TPSA) is 83.9 Å². The number of hydrogen-bond donors (Lipinski definition) is 1. The number of aromatic amines is 1. The number of thioether (sulfide) groups is 1. The molecule has 0 atom stereocenters. The van der Waals surface area contributed by atoms with Crippen LogP contribution in [0, 0.1) is 0 Å². The second kappa shape index (κ2) is 9.18. The Balaban J connectivity index is 1.54. The molecule has 2 aromatic carbocycles. The van der Waals surface area contributed by atoms with E-state index in [0.29, 0.717) is 22.7 Å². The maximum absolute atomic E-state index is 12.9. The van der Waals surface area contributed by atoms with Gasteiger partial charge in [-0.25, -0.2) is 9.67 Å². The fourth-order valence-corrected chi connectivity index (χ4v) is 4.02. The molecule has 0 fully saturated rings. The van der Waals surface area contributed by atoms with Crippen LogP contribution in [0.2, 0.25) is 0 Å². The van der Waals surface area contributed by atoms with Crippen molar-refractivity contribution in [1.29, 1.82) is 0 Å². The van der Waals surface area contributed by atoms with Crippen molar-refractivity contribution in [2.45, 2.75) is 31.6 Å². The van der Waals surface area contributed by atoms with Crippen LogP contribution in [0.15, 0.2) is 76.8 Å². The Hall–Kier alpha value is -3.39. The number of H-pyrrole nitrogens is 1. The molecule has 1 N–H and O–H groups in total. The van der Waals surface area contributed by atoms with Crippen molar-refractivity contribution in [3.05, 3.63) is 82.8 Å². The fourth-order valence-electron chi connectivity index (χ4n) is 3.28. The Morgan fingerprint density at radius 2 is 1.77 bits per heavy atom. The highest BCUT2D eigenvalue weighted by atomic mass is 32.2. The van der Waals surface area contributed by atoms with Gasteiger partial charge in [0, 0.05) is 12.6 Å². The molecule has 0 aliphatic heterocycles. The predicted octanol–water partition coefficient (Wildman–Crippen LogP) is 3.64. The summed E-state index contributed by atoms with van der Waals surface area (Å²) in [6.45, 7) is 4.54. The first kappa shape index (κ1) is 20.9. The highest BCUT2D eigenvalue weighted by Gasteiger charge is 2.19. The molecule has 2 aromatic heterocycles. The summed E-state index contributed by atoms with van der Waals surface area (Å²) in [7, 11) is 0. The summed E-state index contributed by atoms with van der Waals surface area (Å²) in [4.78, 5) is 34.6. The molecule has 0 bridgehead atoms. The van der Waals surface area contributed by atoms with Gasteiger partial charge in [-0.1, -0.05) is 60.3 Å². The number of rotatable bonds is 7. The second-order valence-electron chi connectivity index (χ2n) is 7.39. The highest BCUT2D eigenvalue weighted by Crippen LogP contribution is 2.19. The lowest BCUT2D eigenvalue weighted by molar-refractivity contribution is -0.130. The van der Waals surface area contributed by atoms with Crippen LogP contribution in [0.3, 0.4) is 0 Å². The van der Waals surface area contributed by atoms with Gasteiger partial charge in [-0.05, 0) is 31.5 Å². The van der Waals surface area contributed by atoms with E-state index in [4.69, 9.17) is 0 Å². The molecular weight excluding hydrogens is 410 g/mol. The van der Waals surface area contributed by atoms with Crippen molar-refractivity contribution in [3.8, 4) is 5.69 Å². The van der Waals surface area contributed by atoms with Gasteiger partial charge in [0.05, 0.1) is 17.6 Å². The summed E-state index contributed by atoms with van der Waals surface area (Å²) < 4.78 is 1.63. The number of para-hydroxylation sites is 1. The molecule has 0 aliphatic carbocycles. The number of fused-ring (bicyclic) bond motifs is 1. The monoisotopic (exact) mass is 433 g/mol. The number of aromatic nitrogens is 4. The molecule has 0 unspecified atom stereocenters. The van der Waals surface area contributed by atoms with Gasteiger partial charge >= 0.3 is 0 Å². The summed E-state index contributed by atoms with van der Waals surface area (Å²) in [6, 6.07) is 19.5. The van der Waals surface area contributed by atoms with Crippen molar-refractivity contribution in [1.82, 2.24) is 24.6 Å². The minimum absolute atomic E-state index is 0.0110. The standard InChI is InChI=1S/C23H23N5O2S/c1-16(2)27(14-17-9-5-3-6-10-17)20(29)15-31-23-25-21-19(22(30)26-23)13-24-28(21)18-11-7-4-8-12-18/h3-13,16H,14-15H2,1-2H3,(H,25,26,30). The number of carbonyl (C=O) groups is 1. The lowest BCUT2D eigenvalue weighted by Gasteiger charge is -2.26. The molecule has 0 saturated carbocycles. The first-order valence-electron chi connectivity index (χ1n) is 10.0. The van der Waals surface area contributed by atoms with Crippen molar-refractivity contribution in [3.63, 3.8) is 0 Å². The van der Waals surface area contributed by atoms with E-state index >= 15 is 0 Å². The van der Waals surface area contributed by atoms with Gasteiger partial charge in [0.2, 0.25) is 5.91 Å². The third-order valence-electron chi connectivity index (χ3n) is 4.89. The first-order valence-corrected chi connectivity index (χ1v) is 11.0. The van der Waals surface area contributed by atoms with Crippen LogP contribution >= 0.6 is 11.8 Å². The minimum Gasteiger partial charge on any atom is -0.335 e. The maximum atomic E-state index is 12.9. The van der Waals surface area contributed by atoms with Crippen molar-refractivity contribution in [2.24, 2.45) is 0 Å². The van der Waals surface area contributed by atoms with Crippen LogP contribution in [0.5, 0.6) is 0 Å². The van der Waals surface area contributed by atoms with Gasteiger partial charge in [-0.2, -0.15) is 5.10 Å². The Kier molecular flexibility index (Phi) is 6.18. The van der Waals surface area contributed by atoms with Gasteiger partial charge < -0.3 is 9.88 Å². The zero-order valence-electron chi connectivity index (χ0n) is 17.4. The van der Waals surface area contributed by atoms with Gasteiger partial charge in [-0.3, -0.25) is 9.59 Å². The zero-order chi connectivity index (χ0) is 21.8. The smallest absolute Gasteiger partial charge is 0.262 e. The molecule has 158 valence electrons. The van der Waals surface area contributed by atoms with Gasteiger partial charge in [0.1, 0.15) is 5.39 Å². The summed E-state index contributed by atoms with van der Waals surface area (Å²) >= 11 is 1.22. The summed E-state index contributed by atoms with van der Waals surface area (Å²) in [5.74, 6) is 0.169. The molecular formula is C23H23N5O2S. The van der Waals surface area contributed by atoms with Crippen molar-refractivity contribution >= 4 is 28.7 Å². The molecule has 4 rings (SSSR count). The summed E-state index contributed by atoms with van der Waals surface area (Å²) in [5, 5.41) is 5.12. The molecule has 0 aliphatic rings. The fraction of sp³-hybridized carbons (Fsp3) is 0.217. The molecule has 0 radical (unpaired) electrons. The van der Waals surface area contributed by atoms with Gasteiger partial charge in [0.25, 0.3) is 5.56 Å². The van der Waals surface area contributed by atoms with E-state index in [9.17, 15) is 9.59 Å². The number of amides is 1. The molecule has 4 aromatic rings. The Labute approximate surface area is 184 Å². The maximum Gasteiger partial charge on any atom is 0.262 e. The molecule has 0 spiro atoms. The van der Waals surface area contributed by atoms with E-state index in [1.807, 2.05) is 79.4 Å². The average molecular weight is 434 g/mol. The SMILES string of the molecule is CC(C)N(Cc1ccccc1)C(=O)CSc1nc2c(cnn2-c2ccccc2)c(=O)[nH]1. The molecule has 2 heterocycles. The molecule has 0 saturated heterocycles. The van der Waals surface area contributed by atoms with Crippen molar-refractivity contribution in [2.75, 3.05) is 5.75 Å². The van der Waals surface area contributed by atoms with E-state index in [-0.39, 0.29) is 23.3 Å². The number of nitrogens with zero attached hydrogens (tertiary/aromatic N) is 4. The van der Waals surface area contributed by atoms with E-state index < -0.39 is 0 Å². The number of nitrogens with one attached hydrogen (secondary N) is 1. The van der Waals surface area contributed by atoms with Crippen LogP contribution in [-0.2, 0) is 11.3 Å². The zero-order valence-corrected chi connectivity index (χ0v) is 18.2. The lowest BCUT2D eigenvalue weighted by Crippen LogP contribution is -2.37. The predicted molar refractivity (Wildman–Crippen MR) is 122 cm³/mol. The van der Waals surface area contributed by atoms with Gasteiger partial charge in [-0.15, -0.1) is 0 Å². The van der Waals surface area contributed by atoms with E-state index in [1.165, 1.54) is 18.0 Å². The first-order chi connectivity index (χ1) is 15.0. The number of benzene rings is 2. The quantitative estimate of drug-likeness (QED) is 0.355. The van der Waals surface area contributed by atoms with Crippen LogP contribution in [0.1, 0.15) is 19.4 Å². The van der Waals surface area contributed by atoms with E-state index in [0.717, 1.165) is 11.3 Å². The summed E-state index contributed by atoms with van der Waals surface area (Å²) in [6.07, 6.45) is 1.51. The third-order valence-corrected chi connectivity index (χ3v) is 5.75. The molecule has 8 heteroatoms. The van der Waals surface area contributed by atoms with Crippen LogP contribution < -0.4 is 5.56 Å². The largest absolute Gasteiger partial charge is 0.335 e. The number of hydrogen-bond acceptors (Lipinski definition) is 5. The molecule has 31 heavy (non-hydrogen) atoms. The van der Waals surface area contributed by atoms with E-state index in [1.54, 1.807) is 4.68 Å². The summed E-state index contributed by atoms with van der Waals surface area (Å²) in [5.41, 5.74) is 2.09. The van der Waals surface area contributed by atoms with Gasteiger partial charge in [0.15, 0.2) is 10.8 Å². The van der Waals surface area contributed by atoms with Crippen molar-refractivity contribution < 1.29 is 4.79 Å². The van der Waals surface area contributed by atoms with Crippen LogP contribution in [-0.4, -0.2) is 42.4 Å². The van der Waals surface area contributed by atoms with Crippen LogP contribution in [0.4, 0.5) is 0 Å². The van der Waals surface area contributed by atoms with Crippen LogP contribution in [0.25, 0.3) is 16.7 Å². The Morgan fingerprint density at radius 3 is 2.45 bits per heavy atom. The average Bonchev–Trinajstić information content (AvgIpc) is 3.21. The second-order valence-corrected chi connectivity index (χ2v) is 8.35. The van der Waals surface area contributed by atoms with E-state index in [2.05, 4.69) is 15.1 Å². The normalized spacial score (nSPS) is 11.2. The number of carbonyl (C=O) groups excluding carboxylic acids is 1.